The maximum atomic E-state index is 12.5. The molecule has 0 amide bonds. The van der Waals surface area contributed by atoms with Gasteiger partial charge in [-0.3, -0.25) is 4.98 Å². The van der Waals surface area contributed by atoms with Crippen molar-refractivity contribution in [3.8, 4) is 5.75 Å². The average molecular weight is 353 g/mol. The van der Waals surface area contributed by atoms with E-state index in [1.165, 1.54) is 6.07 Å². The lowest BCUT2D eigenvalue weighted by molar-refractivity contribution is 0.255. The van der Waals surface area contributed by atoms with Crippen LogP contribution in [0.5, 0.6) is 5.75 Å². The van der Waals surface area contributed by atoms with Gasteiger partial charge < -0.3 is 4.74 Å². The zero-order valence-corrected chi connectivity index (χ0v) is 14.4. The van der Waals surface area contributed by atoms with Crippen LogP contribution in [0.25, 0.3) is 0 Å². The van der Waals surface area contributed by atoms with Gasteiger partial charge in [0.15, 0.2) is 0 Å². The molecule has 1 aliphatic heterocycles. The van der Waals surface area contributed by atoms with E-state index in [0.29, 0.717) is 22.9 Å². The molecule has 1 unspecified atom stereocenters. The van der Waals surface area contributed by atoms with Crippen molar-refractivity contribution < 1.29 is 13.2 Å². The molecule has 7 heteroatoms. The molecular formula is C16H17ClN2O3S. The minimum atomic E-state index is -3.67. The normalized spacial score (nSPS) is 16.9. The molecule has 1 aromatic heterocycles. The van der Waals surface area contributed by atoms with Crippen molar-refractivity contribution in [2.45, 2.75) is 37.8 Å². The van der Waals surface area contributed by atoms with Crippen LogP contribution in [0.2, 0.25) is 5.02 Å². The molecule has 0 radical (unpaired) electrons. The van der Waals surface area contributed by atoms with Gasteiger partial charge in [0.2, 0.25) is 10.0 Å². The molecule has 1 aliphatic rings. The fourth-order valence-electron chi connectivity index (χ4n) is 2.56. The van der Waals surface area contributed by atoms with Crippen molar-refractivity contribution in [1.29, 1.82) is 0 Å². The molecule has 0 spiro atoms. The highest BCUT2D eigenvalue weighted by molar-refractivity contribution is 7.89. The highest BCUT2D eigenvalue weighted by Crippen LogP contribution is 2.37. The Kier molecular flexibility index (Phi) is 4.31. The van der Waals surface area contributed by atoms with Gasteiger partial charge in [-0.25, -0.2) is 13.1 Å². The lowest BCUT2D eigenvalue weighted by Gasteiger charge is -2.10. The number of hydrogen-bond acceptors (Lipinski definition) is 4. The average Bonchev–Trinajstić information content (AvgIpc) is 2.87. The predicted molar refractivity (Wildman–Crippen MR) is 88.2 cm³/mol. The van der Waals surface area contributed by atoms with E-state index in [1.807, 2.05) is 26.0 Å². The quantitative estimate of drug-likeness (QED) is 0.918. The fraction of sp³-hybridized carbons (Fsp3) is 0.312. The van der Waals surface area contributed by atoms with Gasteiger partial charge in [-0.05, 0) is 37.6 Å². The number of ether oxygens (including phenoxy) is 1. The van der Waals surface area contributed by atoms with E-state index in [4.69, 9.17) is 16.3 Å². The topological polar surface area (TPSA) is 68.3 Å². The van der Waals surface area contributed by atoms with Crippen LogP contribution in [0, 0.1) is 6.92 Å². The minimum Gasteiger partial charge on any atom is -0.489 e. The summed E-state index contributed by atoms with van der Waals surface area (Å²) in [6.45, 7) is 3.95. The Bertz CT molecular complexity index is 852. The summed E-state index contributed by atoms with van der Waals surface area (Å²) in [5, 5.41) is 0.321. The van der Waals surface area contributed by atoms with E-state index in [0.717, 1.165) is 11.1 Å². The van der Waals surface area contributed by atoms with Gasteiger partial charge in [-0.2, -0.15) is 0 Å². The lowest BCUT2D eigenvalue weighted by atomic mass is 10.1. The van der Waals surface area contributed by atoms with Gasteiger partial charge >= 0.3 is 0 Å². The Hall–Kier alpha value is -1.63. The molecule has 1 N–H and O–H groups in total. The third kappa shape index (κ3) is 3.34. The third-order valence-electron chi connectivity index (χ3n) is 3.78. The lowest BCUT2D eigenvalue weighted by Crippen LogP contribution is -2.24. The van der Waals surface area contributed by atoms with Crippen LogP contribution in [0.4, 0.5) is 0 Å². The van der Waals surface area contributed by atoms with Crippen molar-refractivity contribution in [2.24, 2.45) is 0 Å². The second-order valence-corrected chi connectivity index (χ2v) is 7.79. The van der Waals surface area contributed by atoms with Crippen molar-refractivity contribution in [1.82, 2.24) is 9.71 Å². The summed E-state index contributed by atoms with van der Waals surface area (Å²) in [7, 11) is -3.67. The summed E-state index contributed by atoms with van der Waals surface area (Å²) in [6.07, 6.45) is 2.30. The van der Waals surface area contributed by atoms with E-state index >= 15 is 0 Å². The molecule has 0 aliphatic carbocycles. The zero-order chi connectivity index (χ0) is 16.6. The molecule has 0 bridgehead atoms. The minimum absolute atomic E-state index is 0.00424. The van der Waals surface area contributed by atoms with Crippen LogP contribution in [0.3, 0.4) is 0 Å². The Morgan fingerprint density at radius 3 is 2.96 bits per heavy atom. The van der Waals surface area contributed by atoms with Crippen molar-refractivity contribution in [3.63, 3.8) is 0 Å². The van der Waals surface area contributed by atoms with Crippen LogP contribution in [-0.2, 0) is 23.0 Å². The number of rotatable bonds is 4. The van der Waals surface area contributed by atoms with Gasteiger partial charge in [-0.15, -0.1) is 0 Å². The monoisotopic (exact) mass is 352 g/mol. The van der Waals surface area contributed by atoms with Crippen LogP contribution in [-0.4, -0.2) is 19.5 Å². The van der Waals surface area contributed by atoms with E-state index in [-0.39, 0.29) is 17.5 Å². The number of halogens is 1. The van der Waals surface area contributed by atoms with Gasteiger partial charge in [0.25, 0.3) is 0 Å². The van der Waals surface area contributed by atoms with Gasteiger partial charge in [-0.1, -0.05) is 17.7 Å². The molecule has 1 aromatic carbocycles. The van der Waals surface area contributed by atoms with E-state index in [9.17, 15) is 8.42 Å². The predicted octanol–water partition coefficient (Wildman–Crippen LogP) is 2.85. The Labute approximate surface area is 140 Å². The molecule has 0 saturated heterocycles. The van der Waals surface area contributed by atoms with Crippen LogP contribution < -0.4 is 9.46 Å². The van der Waals surface area contributed by atoms with Gasteiger partial charge in [0.05, 0.1) is 22.2 Å². The molecular weight excluding hydrogens is 336 g/mol. The van der Waals surface area contributed by atoms with Crippen molar-refractivity contribution >= 4 is 21.6 Å². The SMILES string of the molecule is Cc1cccnc1CNS(=O)(=O)c1cc(Cl)c2c(c1)CC(C)O2. The number of pyridine rings is 1. The summed E-state index contributed by atoms with van der Waals surface area (Å²) in [6, 6.07) is 6.75. The highest BCUT2D eigenvalue weighted by Gasteiger charge is 2.26. The molecule has 3 rings (SSSR count). The molecule has 0 saturated carbocycles. The molecule has 122 valence electrons. The number of benzene rings is 1. The number of hydrogen-bond donors (Lipinski definition) is 1. The highest BCUT2D eigenvalue weighted by atomic mass is 35.5. The van der Waals surface area contributed by atoms with Gasteiger partial charge in [0, 0.05) is 18.2 Å². The number of aromatic nitrogens is 1. The molecule has 2 aromatic rings. The maximum Gasteiger partial charge on any atom is 0.240 e. The fourth-order valence-corrected chi connectivity index (χ4v) is 3.98. The number of sulfonamides is 1. The first-order chi connectivity index (χ1) is 10.9. The first-order valence-corrected chi connectivity index (χ1v) is 9.12. The van der Waals surface area contributed by atoms with Crippen LogP contribution in [0.15, 0.2) is 35.4 Å². The summed E-state index contributed by atoms with van der Waals surface area (Å²) >= 11 is 6.16. The number of nitrogens with zero attached hydrogens (tertiary/aromatic N) is 1. The Morgan fingerprint density at radius 1 is 1.43 bits per heavy atom. The molecule has 23 heavy (non-hydrogen) atoms. The van der Waals surface area contributed by atoms with E-state index in [2.05, 4.69) is 9.71 Å². The Morgan fingerprint density at radius 2 is 2.22 bits per heavy atom. The second-order valence-electron chi connectivity index (χ2n) is 5.62. The van der Waals surface area contributed by atoms with Crippen LogP contribution >= 0.6 is 11.6 Å². The Balaban J connectivity index is 1.85. The second kappa shape index (κ2) is 6.11. The van der Waals surface area contributed by atoms with Crippen molar-refractivity contribution in [3.05, 3.63) is 52.3 Å². The standard InChI is InChI=1S/C16H17ClN2O3S/c1-10-4-3-5-18-15(10)9-19-23(20,21)13-7-12-6-11(2)22-16(12)14(17)8-13/h3-5,7-8,11,19H,6,9H2,1-2H3. The molecule has 0 fully saturated rings. The van der Waals surface area contributed by atoms with Crippen molar-refractivity contribution in [2.75, 3.05) is 0 Å². The van der Waals surface area contributed by atoms with Gasteiger partial charge in [0.1, 0.15) is 11.9 Å². The summed E-state index contributed by atoms with van der Waals surface area (Å²) in [5.74, 6) is 0.582. The number of aryl methyl sites for hydroxylation is 1. The zero-order valence-electron chi connectivity index (χ0n) is 12.8. The molecule has 5 nitrogen and oxygen atoms in total. The first kappa shape index (κ1) is 16.2. The number of fused-ring (bicyclic) bond motifs is 1. The van der Waals surface area contributed by atoms with Crippen LogP contribution in [0.1, 0.15) is 23.7 Å². The van der Waals surface area contributed by atoms with E-state index in [1.54, 1.807) is 12.3 Å². The summed E-state index contributed by atoms with van der Waals surface area (Å²) in [5.41, 5.74) is 2.45. The van der Waals surface area contributed by atoms with E-state index < -0.39 is 10.0 Å². The first-order valence-electron chi connectivity index (χ1n) is 7.26. The molecule has 2 heterocycles. The summed E-state index contributed by atoms with van der Waals surface area (Å²) < 4.78 is 33.2. The summed E-state index contributed by atoms with van der Waals surface area (Å²) in [4.78, 5) is 4.33. The maximum absolute atomic E-state index is 12.5. The third-order valence-corrected chi connectivity index (χ3v) is 5.44. The molecule has 1 atom stereocenters. The number of nitrogens with one attached hydrogen (secondary N) is 1. The smallest absolute Gasteiger partial charge is 0.240 e. The largest absolute Gasteiger partial charge is 0.489 e.